The van der Waals surface area contributed by atoms with E-state index in [0.717, 1.165) is 31.9 Å². The average molecular weight is 306 g/mol. The predicted octanol–water partition coefficient (Wildman–Crippen LogP) is 3.03. The Hall–Kier alpha value is -1.55. The number of hydrogen-bond donors (Lipinski definition) is 0. The lowest BCUT2D eigenvalue weighted by atomic mass is 10.2. The summed E-state index contributed by atoms with van der Waals surface area (Å²) in [7, 11) is 0. The first-order valence-electron chi connectivity index (χ1n) is 8.31. The summed E-state index contributed by atoms with van der Waals surface area (Å²) >= 11 is 0. The van der Waals surface area contributed by atoms with E-state index in [2.05, 4.69) is 18.7 Å². The van der Waals surface area contributed by atoms with Crippen LogP contribution in [0.25, 0.3) is 0 Å². The summed E-state index contributed by atoms with van der Waals surface area (Å²) in [5.41, 5.74) is 0. The van der Waals surface area contributed by atoms with Gasteiger partial charge in [0.05, 0.1) is 6.04 Å². The Morgan fingerprint density at radius 2 is 1.73 bits per heavy atom. The Kier molecular flexibility index (Phi) is 8.60. The molecule has 0 N–H and O–H groups in total. The van der Waals surface area contributed by atoms with Crippen molar-refractivity contribution in [3.63, 3.8) is 0 Å². The van der Waals surface area contributed by atoms with E-state index in [1.54, 1.807) is 0 Å². The van der Waals surface area contributed by atoms with Crippen molar-refractivity contribution in [3.8, 4) is 5.75 Å². The molecule has 1 rings (SSSR count). The Bertz CT molecular complexity index is 418. The van der Waals surface area contributed by atoms with Crippen LogP contribution >= 0.6 is 0 Å². The molecule has 1 aromatic carbocycles. The average Bonchev–Trinajstić information content (AvgIpc) is 2.55. The summed E-state index contributed by atoms with van der Waals surface area (Å²) in [5.74, 6) is 1.06. The largest absolute Gasteiger partial charge is 0.491 e. The molecular formula is C18H30N2O2. The van der Waals surface area contributed by atoms with Crippen molar-refractivity contribution in [2.45, 2.75) is 40.2 Å². The molecular weight excluding hydrogens is 276 g/mol. The van der Waals surface area contributed by atoms with Crippen LogP contribution in [-0.4, -0.2) is 54.5 Å². The number of amides is 1. The smallest absolute Gasteiger partial charge is 0.224 e. The minimum Gasteiger partial charge on any atom is -0.491 e. The van der Waals surface area contributed by atoms with Gasteiger partial charge in [0.15, 0.2) is 0 Å². The van der Waals surface area contributed by atoms with Crippen LogP contribution in [0.1, 0.15) is 34.1 Å². The van der Waals surface area contributed by atoms with Crippen molar-refractivity contribution in [1.82, 2.24) is 9.80 Å². The zero-order valence-electron chi connectivity index (χ0n) is 14.4. The highest BCUT2D eigenvalue weighted by molar-refractivity contribution is 5.76. The second-order valence-corrected chi connectivity index (χ2v) is 5.43. The SMILES string of the molecule is CCN(CC)CCC(=O)N(CC)C(C)COc1ccccc1. The van der Waals surface area contributed by atoms with Crippen molar-refractivity contribution in [2.24, 2.45) is 0 Å². The van der Waals surface area contributed by atoms with E-state index in [0.29, 0.717) is 13.0 Å². The molecule has 124 valence electrons. The fourth-order valence-corrected chi connectivity index (χ4v) is 2.49. The van der Waals surface area contributed by atoms with Crippen LogP contribution in [0.15, 0.2) is 30.3 Å². The van der Waals surface area contributed by atoms with Gasteiger partial charge < -0.3 is 14.5 Å². The van der Waals surface area contributed by atoms with Gasteiger partial charge in [0, 0.05) is 19.5 Å². The summed E-state index contributed by atoms with van der Waals surface area (Å²) in [6, 6.07) is 9.82. The highest BCUT2D eigenvalue weighted by Crippen LogP contribution is 2.11. The molecule has 1 aromatic rings. The number of carbonyl (C=O) groups is 1. The fourth-order valence-electron chi connectivity index (χ4n) is 2.49. The Morgan fingerprint density at radius 3 is 2.27 bits per heavy atom. The van der Waals surface area contributed by atoms with Gasteiger partial charge in [-0.05, 0) is 39.1 Å². The maximum absolute atomic E-state index is 12.4. The molecule has 0 saturated heterocycles. The first-order valence-corrected chi connectivity index (χ1v) is 8.31. The Morgan fingerprint density at radius 1 is 1.09 bits per heavy atom. The molecule has 0 aliphatic heterocycles. The topological polar surface area (TPSA) is 32.8 Å². The van der Waals surface area contributed by atoms with Gasteiger partial charge in [-0.25, -0.2) is 0 Å². The zero-order valence-corrected chi connectivity index (χ0v) is 14.4. The van der Waals surface area contributed by atoms with E-state index in [1.807, 2.05) is 49.1 Å². The van der Waals surface area contributed by atoms with Gasteiger partial charge in [-0.15, -0.1) is 0 Å². The number of likely N-dealkylation sites (N-methyl/N-ethyl adjacent to an activating group) is 1. The minimum absolute atomic E-state index is 0.0782. The summed E-state index contributed by atoms with van der Waals surface area (Å²) < 4.78 is 5.76. The lowest BCUT2D eigenvalue weighted by Crippen LogP contribution is -2.43. The van der Waals surface area contributed by atoms with Crippen molar-refractivity contribution in [3.05, 3.63) is 30.3 Å². The van der Waals surface area contributed by atoms with E-state index in [1.165, 1.54) is 0 Å². The van der Waals surface area contributed by atoms with Gasteiger partial charge in [-0.1, -0.05) is 32.0 Å². The third-order valence-electron chi connectivity index (χ3n) is 3.96. The van der Waals surface area contributed by atoms with Gasteiger partial charge in [-0.3, -0.25) is 4.79 Å². The third-order valence-corrected chi connectivity index (χ3v) is 3.96. The van der Waals surface area contributed by atoms with Crippen LogP contribution in [0.5, 0.6) is 5.75 Å². The van der Waals surface area contributed by atoms with Crippen LogP contribution in [0, 0.1) is 0 Å². The first-order chi connectivity index (χ1) is 10.6. The molecule has 4 nitrogen and oxygen atoms in total. The highest BCUT2D eigenvalue weighted by Gasteiger charge is 2.19. The number of benzene rings is 1. The number of nitrogens with zero attached hydrogens (tertiary/aromatic N) is 2. The van der Waals surface area contributed by atoms with Crippen molar-refractivity contribution >= 4 is 5.91 Å². The highest BCUT2D eigenvalue weighted by atomic mass is 16.5. The predicted molar refractivity (Wildman–Crippen MR) is 91.2 cm³/mol. The molecule has 4 heteroatoms. The standard InChI is InChI=1S/C18H30N2O2/c1-5-19(6-2)14-13-18(21)20(7-3)16(4)15-22-17-11-9-8-10-12-17/h8-12,16H,5-7,13-15H2,1-4H3. The molecule has 0 aromatic heterocycles. The Balaban J connectivity index is 2.45. The van der Waals surface area contributed by atoms with Gasteiger partial charge in [0.25, 0.3) is 0 Å². The summed E-state index contributed by atoms with van der Waals surface area (Å²) in [4.78, 5) is 16.6. The van der Waals surface area contributed by atoms with Gasteiger partial charge >= 0.3 is 0 Å². The lowest BCUT2D eigenvalue weighted by Gasteiger charge is -2.29. The molecule has 0 spiro atoms. The van der Waals surface area contributed by atoms with E-state index >= 15 is 0 Å². The molecule has 1 amide bonds. The minimum atomic E-state index is 0.0782. The normalized spacial score (nSPS) is 12.2. The molecule has 1 atom stereocenters. The quantitative estimate of drug-likeness (QED) is 0.666. The number of carbonyl (C=O) groups excluding carboxylic acids is 1. The maximum Gasteiger partial charge on any atom is 0.224 e. The molecule has 0 aliphatic carbocycles. The second-order valence-electron chi connectivity index (χ2n) is 5.43. The molecule has 1 unspecified atom stereocenters. The molecule has 0 bridgehead atoms. The number of para-hydroxylation sites is 1. The van der Waals surface area contributed by atoms with Crippen molar-refractivity contribution in [2.75, 3.05) is 32.8 Å². The van der Waals surface area contributed by atoms with E-state index in [9.17, 15) is 4.79 Å². The van der Waals surface area contributed by atoms with Crippen LogP contribution in [0.2, 0.25) is 0 Å². The van der Waals surface area contributed by atoms with E-state index in [4.69, 9.17) is 4.74 Å². The molecule has 0 aliphatic rings. The van der Waals surface area contributed by atoms with Crippen LogP contribution in [0.3, 0.4) is 0 Å². The summed E-state index contributed by atoms with van der Waals surface area (Å²) in [6.45, 7) is 12.4. The maximum atomic E-state index is 12.4. The van der Waals surface area contributed by atoms with Crippen LogP contribution in [0.4, 0.5) is 0 Å². The van der Waals surface area contributed by atoms with Crippen molar-refractivity contribution < 1.29 is 9.53 Å². The summed E-state index contributed by atoms with van der Waals surface area (Å²) in [5, 5.41) is 0. The monoisotopic (exact) mass is 306 g/mol. The van der Waals surface area contributed by atoms with Crippen LogP contribution in [-0.2, 0) is 4.79 Å². The summed E-state index contributed by atoms with van der Waals surface area (Å²) in [6.07, 6.45) is 0.575. The van der Waals surface area contributed by atoms with E-state index < -0.39 is 0 Å². The van der Waals surface area contributed by atoms with Crippen molar-refractivity contribution in [1.29, 1.82) is 0 Å². The third kappa shape index (κ3) is 6.06. The van der Waals surface area contributed by atoms with Crippen LogP contribution < -0.4 is 4.74 Å². The molecule has 0 heterocycles. The number of ether oxygens (including phenoxy) is 1. The molecule has 0 fully saturated rings. The van der Waals surface area contributed by atoms with E-state index in [-0.39, 0.29) is 11.9 Å². The fraction of sp³-hybridized carbons (Fsp3) is 0.611. The lowest BCUT2D eigenvalue weighted by molar-refractivity contribution is -0.133. The van der Waals surface area contributed by atoms with Gasteiger partial charge in [0.1, 0.15) is 12.4 Å². The zero-order chi connectivity index (χ0) is 16.4. The number of hydrogen-bond acceptors (Lipinski definition) is 3. The number of rotatable bonds is 10. The Labute approximate surface area is 135 Å². The van der Waals surface area contributed by atoms with Gasteiger partial charge in [0.2, 0.25) is 5.91 Å². The molecule has 0 saturated carbocycles. The molecule has 0 radical (unpaired) electrons. The molecule has 22 heavy (non-hydrogen) atoms. The first kappa shape index (κ1) is 18.5. The second kappa shape index (κ2) is 10.2. The van der Waals surface area contributed by atoms with Gasteiger partial charge in [-0.2, -0.15) is 0 Å².